The molecule has 0 unspecified atom stereocenters. The quantitative estimate of drug-likeness (QED) is 0.216. The van der Waals surface area contributed by atoms with Crippen molar-refractivity contribution in [1.29, 1.82) is 0 Å². The van der Waals surface area contributed by atoms with E-state index >= 15 is 0 Å². The molecule has 0 aliphatic rings. The van der Waals surface area contributed by atoms with Crippen LogP contribution in [0, 0.1) is 6.92 Å². The first kappa shape index (κ1) is 24.8. The normalized spacial score (nSPS) is 13.1. The third kappa shape index (κ3) is 8.63. The van der Waals surface area contributed by atoms with Gasteiger partial charge >= 0.3 is 12.4 Å². The number of benzene rings is 2. The zero-order valence-corrected chi connectivity index (χ0v) is 17.0. The van der Waals surface area contributed by atoms with E-state index < -0.39 is 36.9 Å². The van der Waals surface area contributed by atoms with E-state index in [9.17, 15) is 31.1 Å². The molecule has 1 atom stereocenters. The summed E-state index contributed by atoms with van der Waals surface area (Å²) in [7, 11) is 0. The van der Waals surface area contributed by atoms with Gasteiger partial charge < -0.3 is 4.74 Å². The molecule has 2 nitrogen and oxygen atoms in total. The summed E-state index contributed by atoms with van der Waals surface area (Å²) in [5, 5.41) is 0. The van der Waals surface area contributed by atoms with Crippen molar-refractivity contribution in [2.24, 2.45) is 0 Å². The van der Waals surface area contributed by atoms with Crippen molar-refractivity contribution in [2.75, 3.05) is 6.61 Å². The zero-order chi connectivity index (χ0) is 23.1. The predicted octanol–water partition coefficient (Wildman–Crippen LogP) is 7.42. The summed E-state index contributed by atoms with van der Waals surface area (Å²) in [6.45, 7) is 1.99. The fourth-order valence-corrected chi connectivity index (χ4v) is 3.06. The summed E-state index contributed by atoms with van der Waals surface area (Å²) in [6, 6.07) is 11.6. The van der Waals surface area contributed by atoms with Crippen LogP contribution >= 0.6 is 0 Å². The van der Waals surface area contributed by atoms with Gasteiger partial charge in [-0.2, -0.15) is 26.3 Å². The molecule has 0 radical (unpaired) electrons. The molecule has 0 aliphatic carbocycles. The topological polar surface area (TPSA) is 26.3 Å². The lowest BCUT2D eigenvalue weighted by atomic mass is 9.91. The third-order valence-corrected chi connectivity index (χ3v) is 4.81. The van der Waals surface area contributed by atoms with E-state index in [1.807, 2.05) is 6.92 Å². The van der Waals surface area contributed by atoms with Crippen molar-refractivity contribution in [1.82, 2.24) is 0 Å². The van der Waals surface area contributed by atoms with Crippen LogP contribution in [0.3, 0.4) is 0 Å². The number of hydrogen-bond acceptors (Lipinski definition) is 2. The second-order valence-electron chi connectivity index (χ2n) is 7.43. The Bertz CT molecular complexity index is 823. The maximum Gasteiger partial charge on any atom is 0.396 e. The van der Waals surface area contributed by atoms with Gasteiger partial charge in [-0.3, -0.25) is 4.79 Å². The molecule has 2 rings (SSSR count). The standard InChI is InChI=1S/C23H24F6O2/c1-16-5-7-18(8-6-16)21(30)15-20(23(27,28)29)17-9-11-19(12-10-17)31-14-4-2-3-13-22(24,25)26/h5-12,20H,2-4,13-15H2,1H3/t20-/m0/s1. The highest BCUT2D eigenvalue weighted by Crippen LogP contribution is 2.38. The molecule has 170 valence electrons. The first-order chi connectivity index (χ1) is 14.5. The second kappa shape index (κ2) is 10.7. The maximum absolute atomic E-state index is 13.6. The summed E-state index contributed by atoms with van der Waals surface area (Å²) in [5.41, 5.74) is 1.08. The van der Waals surface area contributed by atoms with Crippen molar-refractivity contribution < 1.29 is 35.9 Å². The van der Waals surface area contributed by atoms with Crippen LogP contribution in [0.5, 0.6) is 5.75 Å². The molecule has 0 N–H and O–H groups in total. The Balaban J connectivity index is 1.93. The van der Waals surface area contributed by atoms with E-state index in [2.05, 4.69) is 0 Å². The van der Waals surface area contributed by atoms with Gasteiger partial charge in [-0.05, 0) is 43.9 Å². The minimum Gasteiger partial charge on any atom is -0.494 e. The molecule has 2 aromatic carbocycles. The molecule has 0 fully saturated rings. The molecule has 0 aliphatic heterocycles. The number of Topliss-reactive ketones (excluding diaryl/α,β-unsaturated/α-hetero) is 1. The molecule has 31 heavy (non-hydrogen) atoms. The van der Waals surface area contributed by atoms with E-state index in [0.29, 0.717) is 18.6 Å². The maximum atomic E-state index is 13.6. The van der Waals surface area contributed by atoms with E-state index in [-0.39, 0.29) is 24.2 Å². The van der Waals surface area contributed by atoms with E-state index in [1.165, 1.54) is 36.4 Å². The van der Waals surface area contributed by atoms with Gasteiger partial charge in [-0.25, -0.2) is 0 Å². The molecule has 0 aromatic heterocycles. The smallest absolute Gasteiger partial charge is 0.396 e. The number of alkyl halides is 6. The van der Waals surface area contributed by atoms with Crippen LogP contribution in [0.15, 0.2) is 48.5 Å². The minimum absolute atomic E-state index is 0.00801. The zero-order valence-electron chi connectivity index (χ0n) is 17.0. The molecule has 2 aromatic rings. The van der Waals surface area contributed by atoms with Crippen LogP contribution in [0.1, 0.15) is 59.5 Å². The Morgan fingerprint density at radius 1 is 0.871 bits per heavy atom. The summed E-state index contributed by atoms with van der Waals surface area (Å²) in [5.74, 6) is -2.22. The molecule has 0 saturated carbocycles. The molecule has 0 amide bonds. The molecular formula is C23H24F6O2. The van der Waals surface area contributed by atoms with Crippen molar-refractivity contribution in [3.05, 3.63) is 65.2 Å². The Hall–Kier alpha value is -2.51. The molecule has 0 spiro atoms. The second-order valence-corrected chi connectivity index (χ2v) is 7.43. The number of halogens is 6. The number of ketones is 1. The van der Waals surface area contributed by atoms with E-state index in [4.69, 9.17) is 4.74 Å². The average Bonchev–Trinajstić information content (AvgIpc) is 2.68. The molecule has 0 saturated heterocycles. The first-order valence-corrected chi connectivity index (χ1v) is 9.92. The lowest BCUT2D eigenvalue weighted by Crippen LogP contribution is -2.23. The van der Waals surface area contributed by atoms with Crippen LogP contribution < -0.4 is 4.74 Å². The fourth-order valence-electron chi connectivity index (χ4n) is 3.06. The Labute approximate surface area is 177 Å². The lowest BCUT2D eigenvalue weighted by Gasteiger charge is -2.20. The molecule has 0 heterocycles. The predicted molar refractivity (Wildman–Crippen MR) is 105 cm³/mol. The van der Waals surface area contributed by atoms with Crippen molar-refractivity contribution in [2.45, 2.75) is 57.3 Å². The SMILES string of the molecule is Cc1ccc(C(=O)C[C@@H](c2ccc(OCCCCCC(F)(F)F)cc2)C(F)(F)F)cc1. The van der Waals surface area contributed by atoms with Crippen molar-refractivity contribution in [3.63, 3.8) is 0 Å². The van der Waals surface area contributed by atoms with Crippen molar-refractivity contribution in [3.8, 4) is 5.75 Å². The Morgan fingerprint density at radius 2 is 1.48 bits per heavy atom. The number of aryl methyl sites for hydroxylation is 1. The van der Waals surface area contributed by atoms with Gasteiger partial charge in [-0.1, -0.05) is 42.0 Å². The number of ether oxygens (including phenoxy) is 1. The lowest BCUT2D eigenvalue weighted by molar-refractivity contribution is -0.149. The van der Waals surface area contributed by atoms with Gasteiger partial charge in [-0.15, -0.1) is 0 Å². The van der Waals surface area contributed by atoms with Gasteiger partial charge in [0.25, 0.3) is 0 Å². The first-order valence-electron chi connectivity index (χ1n) is 9.92. The van der Waals surface area contributed by atoms with Gasteiger partial charge in [0.15, 0.2) is 5.78 Å². The van der Waals surface area contributed by atoms with E-state index in [0.717, 1.165) is 5.56 Å². The number of carbonyl (C=O) groups excluding carboxylic acids is 1. The Morgan fingerprint density at radius 3 is 2.03 bits per heavy atom. The van der Waals surface area contributed by atoms with Crippen LogP contribution in [0.4, 0.5) is 26.3 Å². The fraction of sp³-hybridized carbons (Fsp3) is 0.435. The summed E-state index contributed by atoms with van der Waals surface area (Å²) < 4.78 is 82.4. The summed E-state index contributed by atoms with van der Waals surface area (Å²) in [4.78, 5) is 12.3. The van der Waals surface area contributed by atoms with Gasteiger partial charge in [0.05, 0.1) is 12.5 Å². The van der Waals surface area contributed by atoms with Crippen LogP contribution in [-0.2, 0) is 0 Å². The molecule has 0 bridgehead atoms. The molecular weight excluding hydrogens is 422 g/mol. The van der Waals surface area contributed by atoms with Crippen LogP contribution in [-0.4, -0.2) is 24.7 Å². The highest BCUT2D eigenvalue weighted by atomic mass is 19.4. The van der Waals surface area contributed by atoms with Crippen LogP contribution in [0.2, 0.25) is 0 Å². The average molecular weight is 446 g/mol. The van der Waals surface area contributed by atoms with Gasteiger partial charge in [0.2, 0.25) is 0 Å². The number of unbranched alkanes of at least 4 members (excludes halogenated alkanes) is 2. The summed E-state index contributed by atoms with van der Waals surface area (Å²) >= 11 is 0. The number of hydrogen-bond donors (Lipinski definition) is 0. The van der Waals surface area contributed by atoms with Crippen molar-refractivity contribution >= 4 is 5.78 Å². The Kier molecular flexibility index (Phi) is 8.53. The van der Waals surface area contributed by atoms with E-state index in [1.54, 1.807) is 12.1 Å². The van der Waals surface area contributed by atoms with Gasteiger partial charge in [0, 0.05) is 18.4 Å². The number of rotatable bonds is 10. The van der Waals surface area contributed by atoms with Crippen LogP contribution in [0.25, 0.3) is 0 Å². The third-order valence-electron chi connectivity index (χ3n) is 4.81. The monoisotopic (exact) mass is 446 g/mol. The number of carbonyl (C=O) groups is 1. The van der Waals surface area contributed by atoms with Gasteiger partial charge in [0.1, 0.15) is 5.75 Å². The highest BCUT2D eigenvalue weighted by molar-refractivity contribution is 5.96. The largest absolute Gasteiger partial charge is 0.494 e. The highest BCUT2D eigenvalue weighted by Gasteiger charge is 2.42. The minimum atomic E-state index is -4.60. The summed E-state index contributed by atoms with van der Waals surface area (Å²) in [6.07, 6.45) is -9.56. The molecule has 8 heteroatoms.